The van der Waals surface area contributed by atoms with Crippen LogP contribution in [0.2, 0.25) is 0 Å². The molecule has 0 bridgehead atoms. The van der Waals surface area contributed by atoms with Crippen molar-refractivity contribution in [1.29, 1.82) is 0 Å². The van der Waals surface area contributed by atoms with E-state index in [0.717, 1.165) is 44.0 Å². The third-order valence-corrected chi connectivity index (χ3v) is 4.90. The van der Waals surface area contributed by atoms with E-state index >= 15 is 0 Å². The zero-order valence-corrected chi connectivity index (χ0v) is 14.2. The number of thiophene rings is 1. The average molecular weight is 328 g/mol. The lowest BCUT2D eigenvalue weighted by atomic mass is 10.1. The molecule has 2 aromatic carbocycles. The highest BCUT2D eigenvalue weighted by Gasteiger charge is 2.12. The highest BCUT2D eigenvalue weighted by molar-refractivity contribution is 7.17. The maximum Gasteiger partial charge on any atom is 0.160 e. The monoisotopic (exact) mass is 328 g/mol. The first-order valence-electron chi connectivity index (χ1n) is 7.79. The van der Waals surface area contributed by atoms with Crippen LogP contribution < -0.4 is 0 Å². The molecule has 3 heteroatoms. The van der Waals surface area contributed by atoms with E-state index < -0.39 is 0 Å². The van der Waals surface area contributed by atoms with Crippen molar-refractivity contribution in [2.75, 3.05) is 0 Å². The van der Waals surface area contributed by atoms with E-state index in [1.807, 2.05) is 25.1 Å². The zero-order chi connectivity index (χ0) is 16.5. The van der Waals surface area contributed by atoms with Crippen molar-refractivity contribution in [3.05, 3.63) is 78.2 Å². The molecule has 0 aliphatic rings. The van der Waals surface area contributed by atoms with E-state index in [4.69, 9.17) is 9.97 Å². The largest absolute Gasteiger partial charge is 0.227 e. The number of fused-ring (bicyclic) bond motifs is 1. The van der Waals surface area contributed by atoms with Crippen LogP contribution >= 0.6 is 11.3 Å². The van der Waals surface area contributed by atoms with Crippen LogP contribution in [-0.4, -0.2) is 9.97 Å². The molecular weight excluding hydrogens is 312 g/mol. The van der Waals surface area contributed by atoms with Crippen molar-refractivity contribution >= 4 is 27.1 Å². The molecule has 0 unspecified atom stereocenters. The molecule has 2 aromatic heterocycles. The molecule has 0 aliphatic heterocycles. The fourth-order valence-electron chi connectivity index (χ4n) is 2.69. The molecule has 0 aliphatic carbocycles. The van der Waals surface area contributed by atoms with Gasteiger partial charge in [-0.15, -0.1) is 11.3 Å². The molecule has 2 nitrogen and oxygen atoms in total. The smallest absolute Gasteiger partial charge is 0.160 e. The summed E-state index contributed by atoms with van der Waals surface area (Å²) in [5, 5.41) is 2.07. The second-order valence-electron chi connectivity index (χ2n) is 5.75. The molecule has 4 rings (SSSR count). The molecule has 0 spiro atoms. The van der Waals surface area contributed by atoms with Gasteiger partial charge in [0.05, 0.1) is 15.9 Å². The fourth-order valence-corrected chi connectivity index (χ4v) is 3.53. The number of benzene rings is 2. The van der Waals surface area contributed by atoms with Crippen molar-refractivity contribution in [3.63, 3.8) is 0 Å². The third kappa shape index (κ3) is 2.63. The Morgan fingerprint density at radius 2 is 1.62 bits per heavy atom. The number of aromatic nitrogens is 2. The first-order valence-corrected chi connectivity index (χ1v) is 8.67. The van der Waals surface area contributed by atoms with Gasteiger partial charge in [-0.3, -0.25) is 0 Å². The highest BCUT2D eigenvalue weighted by atomic mass is 32.1. The summed E-state index contributed by atoms with van der Waals surface area (Å²) in [6, 6.07) is 20.6. The van der Waals surface area contributed by atoms with Crippen molar-refractivity contribution in [1.82, 2.24) is 9.97 Å². The maximum absolute atomic E-state index is 4.87. The van der Waals surface area contributed by atoms with E-state index in [0.29, 0.717) is 0 Å². The van der Waals surface area contributed by atoms with Crippen LogP contribution in [0.1, 0.15) is 12.5 Å². The molecular formula is C21H16N2S. The summed E-state index contributed by atoms with van der Waals surface area (Å²) in [4.78, 5) is 9.61. The molecule has 4 aromatic rings. The van der Waals surface area contributed by atoms with Crippen LogP contribution in [0.5, 0.6) is 0 Å². The Labute approximate surface area is 145 Å². The predicted octanol–water partition coefficient (Wildman–Crippen LogP) is 6.06. The summed E-state index contributed by atoms with van der Waals surface area (Å²) < 4.78 is 1.13. The molecule has 116 valence electrons. The topological polar surface area (TPSA) is 25.8 Å². The summed E-state index contributed by atoms with van der Waals surface area (Å²) in [6.45, 7) is 6.00. The van der Waals surface area contributed by atoms with E-state index in [9.17, 15) is 0 Å². The summed E-state index contributed by atoms with van der Waals surface area (Å²) in [6.07, 6.45) is 0. The van der Waals surface area contributed by atoms with Gasteiger partial charge in [-0.25, -0.2) is 9.97 Å². The highest BCUT2D eigenvalue weighted by Crippen LogP contribution is 2.32. The Morgan fingerprint density at radius 3 is 2.33 bits per heavy atom. The lowest BCUT2D eigenvalue weighted by Gasteiger charge is -2.07. The first kappa shape index (κ1) is 14.8. The molecule has 0 atom stereocenters. The van der Waals surface area contributed by atoms with Gasteiger partial charge in [-0.05, 0) is 23.9 Å². The predicted molar refractivity (Wildman–Crippen MR) is 103 cm³/mol. The van der Waals surface area contributed by atoms with Crippen LogP contribution in [-0.2, 0) is 0 Å². The summed E-state index contributed by atoms with van der Waals surface area (Å²) >= 11 is 1.68. The molecule has 0 fully saturated rings. The molecule has 0 saturated carbocycles. The minimum absolute atomic E-state index is 0.757. The van der Waals surface area contributed by atoms with Crippen molar-refractivity contribution in [2.45, 2.75) is 6.92 Å². The zero-order valence-electron chi connectivity index (χ0n) is 13.4. The number of rotatable bonds is 3. The number of hydrogen-bond acceptors (Lipinski definition) is 3. The molecule has 0 amide bonds. The van der Waals surface area contributed by atoms with Gasteiger partial charge in [0.25, 0.3) is 0 Å². The first-order chi connectivity index (χ1) is 11.7. The lowest BCUT2D eigenvalue weighted by molar-refractivity contribution is 1.24. The van der Waals surface area contributed by atoms with Crippen LogP contribution in [0.15, 0.2) is 72.6 Å². The Bertz CT molecular complexity index is 1010. The van der Waals surface area contributed by atoms with Crippen LogP contribution in [0.3, 0.4) is 0 Å². The van der Waals surface area contributed by atoms with Crippen LogP contribution in [0.25, 0.3) is 38.4 Å². The molecule has 2 heterocycles. The molecule has 0 saturated heterocycles. The van der Waals surface area contributed by atoms with E-state index in [1.165, 1.54) is 0 Å². The Hall–Kier alpha value is -2.78. The minimum Gasteiger partial charge on any atom is -0.227 e. The van der Waals surface area contributed by atoms with Gasteiger partial charge >= 0.3 is 0 Å². The third-order valence-electron chi connectivity index (χ3n) is 3.99. The van der Waals surface area contributed by atoms with Crippen LogP contribution in [0.4, 0.5) is 0 Å². The molecule has 24 heavy (non-hydrogen) atoms. The van der Waals surface area contributed by atoms with Gasteiger partial charge in [0.15, 0.2) is 5.82 Å². The standard InChI is InChI=1S/C21H16N2S/c1-14(2)15-8-10-17(11-9-15)21-22-18-12-13-24-20(18)19(23-21)16-6-4-3-5-7-16/h3-13H,1H2,2H3. The Morgan fingerprint density at radius 1 is 0.875 bits per heavy atom. The number of allylic oxidation sites excluding steroid dienone is 1. The van der Waals surface area contributed by atoms with E-state index in [-0.39, 0.29) is 0 Å². The second-order valence-corrected chi connectivity index (χ2v) is 6.67. The second kappa shape index (κ2) is 6.02. The molecule has 0 radical (unpaired) electrons. The van der Waals surface area contributed by atoms with E-state index in [1.54, 1.807) is 11.3 Å². The molecule has 0 N–H and O–H groups in total. The quantitative estimate of drug-likeness (QED) is 0.457. The van der Waals surface area contributed by atoms with Crippen molar-refractivity contribution < 1.29 is 0 Å². The summed E-state index contributed by atoms with van der Waals surface area (Å²) in [5.41, 5.74) is 6.32. The van der Waals surface area contributed by atoms with Crippen LogP contribution in [0, 0.1) is 0 Å². The number of nitrogens with zero attached hydrogens (tertiary/aromatic N) is 2. The van der Waals surface area contributed by atoms with Gasteiger partial charge in [-0.1, -0.05) is 66.7 Å². The minimum atomic E-state index is 0.757. The van der Waals surface area contributed by atoms with Gasteiger partial charge in [0.2, 0.25) is 0 Å². The average Bonchev–Trinajstić information content (AvgIpc) is 3.10. The van der Waals surface area contributed by atoms with Gasteiger partial charge in [-0.2, -0.15) is 0 Å². The fraction of sp³-hybridized carbons (Fsp3) is 0.0476. The summed E-state index contributed by atoms with van der Waals surface area (Å²) in [5.74, 6) is 0.757. The maximum atomic E-state index is 4.87. The van der Waals surface area contributed by atoms with Gasteiger partial charge < -0.3 is 0 Å². The van der Waals surface area contributed by atoms with Gasteiger partial charge in [0.1, 0.15) is 0 Å². The lowest BCUT2D eigenvalue weighted by Crippen LogP contribution is -1.93. The Kier molecular flexibility index (Phi) is 3.71. The van der Waals surface area contributed by atoms with E-state index in [2.05, 4.69) is 54.4 Å². The summed E-state index contributed by atoms with van der Waals surface area (Å²) in [7, 11) is 0. The normalized spacial score (nSPS) is 10.9. The SMILES string of the molecule is C=C(C)c1ccc(-c2nc(-c3ccccc3)c3sccc3n2)cc1. The Balaban J connectivity index is 1.89. The van der Waals surface area contributed by atoms with Gasteiger partial charge in [0, 0.05) is 11.1 Å². The van der Waals surface area contributed by atoms with Crippen molar-refractivity contribution in [3.8, 4) is 22.6 Å². The van der Waals surface area contributed by atoms with Crippen molar-refractivity contribution in [2.24, 2.45) is 0 Å². The number of hydrogen-bond donors (Lipinski definition) is 0.